The van der Waals surface area contributed by atoms with Crippen LogP contribution in [0.3, 0.4) is 0 Å². The Hall–Kier alpha value is -0.860. The third kappa shape index (κ3) is 4.43. The molecule has 1 N–H and O–H groups in total. The Bertz CT molecular complexity index is 356. The minimum Gasteiger partial charge on any atom is -0.313 e. The quantitative estimate of drug-likeness (QED) is 0.830. The first-order valence-corrected chi connectivity index (χ1v) is 7.25. The Morgan fingerprint density at radius 3 is 2.78 bits per heavy atom. The Balaban J connectivity index is 1.65. The highest BCUT2D eigenvalue weighted by molar-refractivity contribution is 5.22. The number of rotatable bonds is 6. The van der Waals surface area contributed by atoms with Gasteiger partial charge in [0.15, 0.2) is 0 Å². The van der Waals surface area contributed by atoms with Gasteiger partial charge in [0.05, 0.1) is 0 Å². The third-order valence-corrected chi connectivity index (χ3v) is 3.72. The molecule has 1 aromatic rings. The lowest BCUT2D eigenvalue weighted by Gasteiger charge is -2.21. The average Bonchev–Trinajstić information content (AvgIpc) is 2.82. The lowest BCUT2D eigenvalue weighted by atomic mass is 10.1. The summed E-state index contributed by atoms with van der Waals surface area (Å²) in [6, 6.07) is 9.42. The molecule has 18 heavy (non-hydrogen) atoms. The van der Waals surface area contributed by atoms with E-state index in [9.17, 15) is 0 Å². The van der Waals surface area contributed by atoms with E-state index >= 15 is 0 Å². The van der Waals surface area contributed by atoms with Crippen LogP contribution in [0.25, 0.3) is 0 Å². The van der Waals surface area contributed by atoms with E-state index in [4.69, 9.17) is 0 Å². The molecule has 0 aliphatic carbocycles. The molecule has 1 atom stereocenters. The van der Waals surface area contributed by atoms with Gasteiger partial charge < -0.3 is 10.2 Å². The van der Waals surface area contributed by atoms with Gasteiger partial charge in [-0.15, -0.1) is 0 Å². The minimum absolute atomic E-state index is 0.605. The molecule has 1 unspecified atom stereocenters. The number of aryl methyl sites for hydroxylation is 1. The monoisotopic (exact) mass is 246 g/mol. The van der Waals surface area contributed by atoms with Crippen LogP contribution in [0.5, 0.6) is 0 Å². The van der Waals surface area contributed by atoms with Gasteiger partial charge in [0.2, 0.25) is 0 Å². The number of nitrogens with one attached hydrogen (secondary N) is 1. The van der Waals surface area contributed by atoms with E-state index in [0.29, 0.717) is 6.04 Å². The predicted octanol–water partition coefficient (Wildman–Crippen LogP) is 2.61. The van der Waals surface area contributed by atoms with Crippen molar-refractivity contribution in [1.29, 1.82) is 0 Å². The Labute approximate surface area is 111 Å². The van der Waals surface area contributed by atoms with Crippen LogP contribution in [-0.4, -0.2) is 37.1 Å². The summed E-state index contributed by atoms with van der Waals surface area (Å²) in [6.07, 6.45) is 3.90. The van der Waals surface area contributed by atoms with Crippen molar-refractivity contribution in [2.24, 2.45) is 0 Å². The molecule has 1 aromatic carbocycles. The molecule has 0 radical (unpaired) electrons. The SMILES string of the molecule is Cc1cccc(CCNC(C)CN2CCCC2)c1. The summed E-state index contributed by atoms with van der Waals surface area (Å²) in [4.78, 5) is 2.57. The molecular weight excluding hydrogens is 220 g/mol. The summed E-state index contributed by atoms with van der Waals surface area (Å²) in [7, 11) is 0. The van der Waals surface area contributed by atoms with Crippen LogP contribution in [-0.2, 0) is 6.42 Å². The van der Waals surface area contributed by atoms with Crippen LogP contribution in [0.2, 0.25) is 0 Å². The zero-order valence-electron chi connectivity index (χ0n) is 11.8. The van der Waals surface area contributed by atoms with Crippen molar-refractivity contribution in [3.05, 3.63) is 35.4 Å². The zero-order chi connectivity index (χ0) is 12.8. The van der Waals surface area contributed by atoms with Gasteiger partial charge in [-0.1, -0.05) is 29.8 Å². The van der Waals surface area contributed by atoms with Crippen LogP contribution in [0.15, 0.2) is 24.3 Å². The van der Waals surface area contributed by atoms with Crippen molar-refractivity contribution in [2.45, 2.75) is 39.2 Å². The first kappa shape index (κ1) is 13.6. The number of nitrogens with zero attached hydrogens (tertiary/aromatic N) is 1. The molecule has 1 saturated heterocycles. The maximum atomic E-state index is 3.64. The second kappa shape index (κ2) is 6.91. The molecule has 100 valence electrons. The van der Waals surface area contributed by atoms with E-state index in [-0.39, 0.29) is 0 Å². The molecule has 1 heterocycles. The van der Waals surface area contributed by atoms with Gasteiger partial charge in [-0.25, -0.2) is 0 Å². The van der Waals surface area contributed by atoms with Crippen molar-refractivity contribution >= 4 is 0 Å². The van der Waals surface area contributed by atoms with Crippen LogP contribution < -0.4 is 5.32 Å². The Kier molecular flexibility index (Phi) is 5.21. The van der Waals surface area contributed by atoms with E-state index < -0.39 is 0 Å². The Morgan fingerprint density at radius 2 is 2.06 bits per heavy atom. The number of hydrogen-bond acceptors (Lipinski definition) is 2. The van der Waals surface area contributed by atoms with Gasteiger partial charge in [-0.2, -0.15) is 0 Å². The maximum absolute atomic E-state index is 3.64. The standard InChI is InChI=1S/C16H26N2/c1-14-6-5-7-16(12-14)8-9-17-15(2)13-18-10-3-4-11-18/h5-7,12,15,17H,3-4,8-11,13H2,1-2H3. The van der Waals surface area contributed by atoms with Gasteiger partial charge in [-0.05, 0) is 58.3 Å². The van der Waals surface area contributed by atoms with Gasteiger partial charge in [0.1, 0.15) is 0 Å². The smallest absolute Gasteiger partial charge is 0.0166 e. The molecule has 0 aromatic heterocycles. The molecule has 0 amide bonds. The van der Waals surface area contributed by atoms with E-state index in [1.54, 1.807) is 0 Å². The first-order chi connectivity index (χ1) is 8.74. The highest BCUT2D eigenvalue weighted by Crippen LogP contribution is 2.08. The normalized spacial score (nSPS) is 18.1. The number of hydrogen-bond donors (Lipinski definition) is 1. The number of benzene rings is 1. The number of likely N-dealkylation sites (tertiary alicyclic amines) is 1. The van der Waals surface area contributed by atoms with Crippen LogP contribution in [0.4, 0.5) is 0 Å². The largest absolute Gasteiger partial charge is 0.313 e. The maximum Gasteiger partial charge on any atom is 0.0166 e. The van der Waals surface area contributed by atoms with E-state index in [1.165, 1.54) is 43.6 Å². The van der Waals surface area contributed by atoms with Crippen molar-refractivity contribution in [3.63, 3.8) is 0 Å². The lowest BCUT2D eigenvalue weighted by molar-refractivity contribution is 0.299. The van der Waals surface area contributed by atoms with E-state index in [1.807, 2.05) is 0 Å². The summed E-state index contributed by atoms with van der Waals surface area (Å²) in [5, 5.41) is 3.64. The molecule has 0 bridgehead atoms. The highest BCUT2D eigenvalue weighted by Gasteiger charge is 2.13. The van der Waals surface area contributed by atoms with Crippen LogP contribution in [0, 0.1) is 6.92 Å². The summed E-state index contributed by atoms with van der Waals surface area (Å²) in [5.41, 5.74) is 2.80. The summed E-state index contributed by atoms with van der Waals surface area (Å²) in [6.45, 7) is 9.33. The minimum atomic E-state index is 0.605. The lowest BCUT2D eigenvalue weighted by Crippen LogP contribution is -2.38. The van der Waals surface area contributed by atoms with Crippen molar-refractivity contribution in [2.75, 3.05) is 26.2 Å². The van der Waals surface area contributed by atoms with E-state index in [2.05, 4.69) is 48.3 Å². The van der Waals surface area contributed by atoms with Gasteiger partial charge in [0.25, 0.3) is 0 Å². The van der Waals surface area contributed by atoms with Crippen molar-refractivity contribution < 1.29 is 0 Å². The molecule has 2 nitrogen and oxygen atoms in total. The first-order valence-electron chi connectivity index (χ1n) is 7.25. The van der Waals surface area contributed by atoms with Gasteiger partial charge >= 0.3 is 0 Å². The molecule has 0 spiro atoms. The molecular formula is C16H26N2. The van der Waals surface area contributed by atoms with Gasteiger partial charge in [-0.3, -0.25) is 0 Å². The molecule has 1 aliphatic heterocycles. The zero-order valence-corrected chi connectivity index (χ0v) is 11.8. The van der Waals surface area contributed by atoms with Crippen LogP contribution >= 0.6 is 0 Å². The topological polar surface area (TPSA) is 15.3 Å². The molecule has 1 fully saturated rings. The molecule has 2 heteroatoms. The molecule has 1 aliphatic rings. The van der Waals surface area contributed by atoms with Crippen molar-refractivity contribution in [3.8, 4) is 0 Å². The Morgan fingerprint density at radius 1 is 1.28 bits per heavy atom. The average molecular weight is 246 g/mol. The summed E-state index contributed by atoms with van der Waals surface area (Å²) in [5.74, 6) is 0. The third-order valence-electron chi connectivity index (χ3n) is 3.72. The predicted molar refractivity (Wildman–Crippen MR) is 78.0 cm³/mol. The second-order valence-corrected chi connectivity index (χ2v) is 5.60. The fourth-order valence-electron chi connectivity index (χ4n) is 2.75. The van der Waals surface area contributed by atoms with E-state index in [0.717, 1.165) is 13.0 Å². The van der Waals surface area contributed by atoms with Crippen LogP contribution in [0.1, 0.15) is 30.9 Å². The fraction of sp³-hybridized carbons (Fsp3) is 0.625. The molecule has 2 rings (SSSR count). The van der Waals surface area contributed by atoms with Gasteiger partial charge in [0, 0.05) is 12.6 Å². The summed E-state index contributed by atoms with van der Waals surface area (Å²) < 4.78 is 0. The highest BCUT2D eigenvalue weighted by atomic mass is 15.2. The fourth-order valence-corrected chi connectivity index (χ4v) is 2.75. The van der Waals surface area contributed by atoms with Crippen molar-refractivity contribution in [1.82, 2.24) is 10.2 Å². The molecule has 0 saturated carbocycles. The summed E-state index contributed by atoms with van der Waals surface area (Å²) >= 11 is 0. The second-order valence-electron chi connectivity index (χ2n) is 5.60.